The van der Waals surface area contributed by atoms with E-state index in [0.717, 1.165) is 11.1 Å². The molecule has 4 aromatic rings. The maximum atomic E-state index is 14.8. The molecule has 0 bridgehead atoms. The average molecular weight is 443 g/mol. The van der Waals surface area contributed by atoms with Gasteiger partial charge in [0.2, 0.25) is 5.88 Å². The summed E-state index contributed by atoms with van der Waals surface area (Å²) < 4.78 is 16.8. The minimum absolute atomic E-state index is 0.0698. The van der Waals surface area contributed by atoms with Gasteiger partial charge in [-0.3, -0.25) is 9.36 Å². The first kappa shape index (κ1) is 19.1. The lowest BCUT2D eigenvalue weighted by Gasteiger charge is -2.24. The highest BCUT2D eigenvalue weighted by Crippen LogP contribution is 2.47. The normalized spacial score (nSPS) is 14.2. The third kappa shape index (κ3) is 2.88. The first-order valence-corrected chi connectivity index (χ1v) is 10.7. The molecule has 1 saturated carbocycles. The van der Waals surface area contributed by atoms with Gasteiger partial charge in [-0.1, -0.05) is 41.5 Å². The van der Waals surface area contributed by atoms with Crippen LogP contribution < -0.4 is 0 Å². The summed E-state index contributed by atoms with van der Waals surface area (Å²) in [6.07, 6.45) is 2.35. The quantitative estimate of drug-likeness (QED) is 0.383. The predicted octanol–water partition coefficient (Wildman–Crippen LogP) is 5.94. The number of Topliss-reactive ketones (excluding diaryl/α,β-unsaturated/α-hetero) is 1. The van der Waals surface area contributed by atoms with E-state index in [0.29, 0.717) is 28.5 Å². The lowest BCUT2D eigenvalue weighted by Crippen LogP contribution is -2.22. The highest BCUT2D eigenvalue weighted by Gasteiger charge is 2.36. The maximum absolute atomic E-state index is 14.8. The van der Waals surface area contributed by atoms with Gasteiger partial charge in [0, 0.05) is 16.5 Å². The number of aromatic nitrogens is 2. The highest BCUT2D eigenvalue weighted by molar-refractivity contribution is 7.20. The molecular weight excluding hydrogens is 427 g/mol. The van der Waals surface area contributed by atoms with Gasteiger partial charge < -0.3 is 10.2 Å². The molecule has 0 aliphatic heterocycles. The van der Waals surface area contributed by atoms with E-state index in [4.69, 9.17) is 11.6 Å². The molecule has 8 heteroatoms. The van der Waals surface area contributed by atoms with E-state index in [1.807, 2.05) is 0 Å². The first-order valence-electron chi connectivity index (χ1n) is 9.48. The molecule has 1 fully saturated rings. The summed E-state index contributed by atoms with van der Waals surface area (Å²) in [6.45, 7) is 0. The van der Waals surface area contributed by atoms with Crippen molar-refractivity contribution in [3.8, 4) is 28.0 Å². The number of benzene rings is 2. The van der Waals surface area contributed by atoms with Crippen molar-refractivity contribution in [3.63, 3.8) is 0 Å². The Morgan fingerprint density at radius 1 is 1.20 bits per heavy atom. The maximum Gasteiger partial charge on any atom is 0.242 e. The Labute approximate surface area is 180 Å². The van der Waals surface area contributed by atoms with E-state index in [-0.39, 0.29) is 28.5 Å². The van der Waals surface area contributed by atoms with Crippen LogP contribution >= 0.6 is 22.9 Å². The minimum Gasteiger partial charge on any atom is -0.503 e. The van der Waals surface area contributed by atoms with Crippen LogP contribution in [0.15, 0.2) is 42.5 Å². The zero-order chi connectivity index (χ0) is 21.0. The molecule has 2 N–H and O–H groups in total. The van der Waals surface area contributed by atoms with Crippen molar-refractivity contribution in [2.24, 2.45) is 5.92 Å². The average Bonchev–Trinajstić information content (AvgIpc) is 3.19. The van der Waals surface area contributed by atoms with Gasteiger partial charge in [-0.2, -0.15) is 0 Å². The molecule has 0 saturated heterocycles. The van der Waals surface area contributed by atoms with Gasteiger partial charge >= 0.3 is 0 Å². The Hall–Kier alpha value is -2.90. The molecular formula is C22H16ClFN2O3S. The topological polar surface area (TPSA) is 75.3 Å². The van der Waals surface area contributed by atoms with Crippen LogP contribution in [-0.4, -0.2) is 25.5 Å². The van der Waals surface area contributed by atoms with Crippen molar-refractivity contribution in [2.75, 3.05) is 0 Å². The number of ketones is 1. The van der Waals surface area contributed by atoms with Crippen molar-refractivity contribution in [3.05, 3.63) is 58.9 Å². The van der Waals surface area contributed by atoms with Gasteiger partial charge in [-0.15, -0.1) is 0 Å². The fourth-order valence-electron chi connectivity index (χ4n) is 3.73. The predicted molar refractivity (Wildman–Crippen MR) is 114 cm³/mol. The SMILES string of the molecule is O=C(c1c(O)c(O)n(-c2nc3ccc(Cl)cc3s2)c1-c1ccccc1F)C1CCC1. The molecule has 30 heavy (non-hydrogen) atoms. The second-order valence-electron chi connectivity index (χ2n) is 7.31. The lowest BCUT2D eigenvalue weighted by molar-refractivity contribution is 0.0853. The molecule has 1 aliphatic rings. The number of fused-ring (bicyclic) bond motifs is 1. The monoisotopic (exact) mass is 442 g/mol. The summed E-state index contributed by atoms with van der Waals surface area (Å²) in [5.41, 5.74) is 0.774. The third-order valence-corrected chi connectivity index (χ3v) is 6.74. The van der Waals surface area contributed by atoms with Crippen LogP contribution in [-0.2, 0) is 0 Å². The molecule has 0 radical (unpaired) electrons. The molecule has 0 unspecified atom stereocenters. The molecule has 2 aromatic carbocycles. The van der Waals surface area contributed by atoms with Crippen molar-refractivity contribution in [2.45, 2.75) is 19.3 Å². The van der Waals surface area contributed by atoms with Crippen LogP contribution in [0.3, 0.4) is 0 Å². The van der Waals surface area contributed by atoms with Crippen molar-refractivity contribution in [1.82, 2.24) is 9.55 Å². The molecule has 0 atom stereocenters. The van der Waals surface area contributed by atoms with E-state index in [9.17, 15) is 19.4 Å². The van der Waals surface area contributed by atoms with Crippen LogP contribution in [0.4, 0.5) is 4.39 Å². The Morgan fingerprint density at radius 2 is 1.97 bits per heavy atom. The van der Waals surface area contributed by atoms with Crippen molar-refractivity contribution in [1.29, 1.82) is 0 Å². The fourth-order valence-corrected chi connectivity index (χ4v) is 4.98. The standard InChI is InChI=1S/C22H16ClFN2O3S/c23-12-8-9-15-16(10-12)30-22(25-15)26-18(13-6-1-2-7-14(13)24)17(20(28)21(26)29)19(27)11-4-3-5-11/h1-2,6-11,28-29H,3-5H2. The lowest BCUT2D eigenvalue weighted by atomic mass is 9.79. The number of aromatic hydroxyl groups is 2. The molecule has 152 valence electrons. The van der Waals surface area contributed by atoms with E-state index in [1.54, 1.807) is 30.3 Å². The molecule has 2 aromatic heterocycles. The molecule has 5 nitrogen and oxygen atoms in total. The van der Waals surface area contributed by atoms with Crippen LogP contribution in [0.2, 0.25) is 5.02 Å². The first-order chi connectivity index (χ1) is 14.5. The number of halogens is 2. The number of carbonyl (C=O) groups is 1. The number of rotatable bonds is 4. The Balaban J connectivity index is 1.81. The second kappa shape index (κ2) is 7.11. The highest BCUT2D eigenvalue weighted by atomic mass is 35.5. The largest absolute Gasteiger partial charge is 0.503 e. The van der Waals surface area contributed by atoms with Gasteiger partial charge in [0.05, 0.1) is 21.5 Å². The number of carbonyl (C=O) groups excluding carboxylic acids is 1. The zero-order valence-electron chi connectivity index (χ0n) is 15.6. The minimum atomic E-state index is -0.567. The molecule has 1 aliphatic carbocycles. The fraction of sp³-hybridized carbons (Fsp3) is 0.182. The van der Waals surface area contributed by atoms with E-state index in [2.05, 4.69) is 4.98 Å². The summed E-state index contributed by atoms with van der Waals surface area (Å²) >= 11 is 7.29. The molecule has 2 heterocycles. The van der Waals surface area contributed by atoms with Gasteiger partial charge in [0.25, 0.3) is 0 Å². The summed E-state index contributed by atoms with van der Waals surface area (Å²) in [5, 5.41) is 22.3. The number of hydrogen-bond donors (Lipinski definition) is 2. The summed E-state index contributed by atoms with van der Waals surface area (Å²) in [7, 11) is 0. The van der Waals surface area contributed by atoms with Crippen LogP contribution in [0.25, 0.3) is 26.6 Å². The Kier molecular flexibility index (Phi) is 4.52. The number of nitrogens with zero attached hydrogens (tertiary/aromatic N) is 2. The Bertz CT molecular complexity index is 1310. The van der Waals surface area contributed by atoms with Gasteiger partial charge in [-0.25, -0.2) is 9.37 Å². The van der Waals surface area contributed by atoms with Crippen LogP contribution in [0, 0.1) is 11.7 Å². The van der Waals surface area contributed by atoms with Gasteiger partial charge in [0.1, 0.15) is 5.82 Å². The third-order valence-electron chi connectivity index (χ3n) is 5.50. The summed E-state index contributed by atoms with van der Waals surface area (Å²) in [5.74, 6) is -2.20. The van der Waals surface area contributed by atoms with Crippen molar-refractivity contribution >= 4 is 38.9 Å². The molecule has 5 rings (SSSR count). The zero-order valence-corrected chi connectivity index (χ0v) is 17.2. The number of hydrogen-bond acceptors (Lipinski definition) is 5. The molecule has 0 spiro atoms. The van der Waals surface area contributed by atoms with E-state index < -0.39 is 17.4 Å². The van der Waals surface area contributed by atoms with Gasteiger partial charge in [0.15, 0.2) is 16.7 Å². The van der Waals surface area contributed by atoms with Crippen LogP contribution in [0.1, 0.15) is 29.6 Å². The smallest absolute Gasteiger partial charge is 0.242 e. The molecule has 0 amide bonds. The number of thiazole rings is 1. The van der Waals surface area contributed by atoms with E-state index >= 15 is 0 Å². The van der Waals surface area contributed by atoms with Crippen molar-refractivity contribution < 1.29 is 19.4 Å². The summed E-state index contributed by atoms with van der Waals surface area (Å²) in [6, 6.07) is 11.1. The Morgan fingerprint density at radius 3 is 2.67 bits per heavy atom. The van der Waals surface area contributed by atoms with Crippen LogP contribution in [0.5, 0.6) is 11.6 Å². The van der Waals surface area contributed by atoms with E-state index in [1.165, 1.54) is 28.0 Å². The van der Waals surface area contributed by atoms with Gasteiger partial charge in [-0.05, 0) is 43.2 Å². The summed E-state index contributed by atoms with van der Waals surface area (Å²) in [4.78, 5) is 17.6. The second-order valence-corrected chi connectivity index (χ2v) is 8.76.